The Labute approximate surface area is 492 Å². The van der Waals surface area contributed by atoms with Crippen LogP contribution < -0.4 is 0 Å². The monoisotopic (exact) mass is 1130 g/mol. The lowest BCUT2D eigenvalue weighted by molar-refractivity contribution is -0.870. The van der Waals surface area contributed by atoms with E-state index in [-0.39, 0.29) is 32.0 Å². The second kappa shape index (κ2) is 60.0. The average molecular weight is 1140 g/mol. The first-order chi connectivity index (χ1) is 39.0. The van der Waals surface area contributed by atoms with Gasteiger partial charge in [0.05, 0.1) is 27.7 Å². The van der Waals surface area contributed by atoms with Crippen LogP contribution in [0.1, 0.15) is 258 Å². The molecule has 10 heteroatoms. The van der Waals surface area contributed by atoms with Crippen molar-refractivity contribution in [3.05, 3.63) is 122 Å². The maximum Gasteiger partial charge on any atom is 0.472 e. The lowest BCUT2D eigenvalue weighted by Gasteiger charge is -2.24. The largest absolute Gasteiger partial charge is 0.472 e. The van der Waals surface area contributed by atoms with E-state index in [1.165, 1.54) is 109 Å². The molecular weight excluding hydrogens is 1010 g/mol. The van der Waals surface area contributed by atoms with Crippen molar-refractivity contribution in [2.24, 2.45) is 0 Å². The maximum atomic E-state index is 12.8. The number of phosphoric acid groups is 1. The first kappa shape index (κ1) is 76.4. The Kier molecular flexibility index (Phi) is 57.3. The lowest BCUT2D eigenvalue weighted by atomic mass is 10.0. The predicted octanol–water partition coefficient (Wildman–Crippen LogP) is 20.7. The average Bonchev–Trinajstić information content (AvgIpc) is 3.42. The number of phosphoric ester groups is 1. The van der Waals surface area contributed by atoms with Crippen LogP contribution in [0, 0.1) is 0 Å². The number of rotatable bonds is 58. The number of nitrogens with zero attached hydrogens (tertiary/aromatic N) is 1. The molecule has 80 heavy (non-hydrogen) atoms. The van der Waals surface area contributed by atoms with E-state index in [0.717, 1.165) is 116 Å². The van der Waals surface area contributed by atoms with E-state index in [4.69, 9.17) is 18.5 Å². The standard InChI is InChI=1S/C70H120NO8P/c1-6-8-10-12-14-16-18-20-22-24-25-26-27-28-29-30-31-32-33-34-35-36-37-38-39-40-41-42-43-44-45-47-49-51-53-55-57-59-61-63-70(73)79-68(67-78-80(74,75)77-65-64-71(3,4)5)66-76-69(72)62-60-58-56-54-52-50-48-46-23-21-19-17-15-13-11-9-7-2/h8,10,14,16,20-23,25-26,28-29,31-32,34-35,37-38,40-41,68H,6-7,9,11-13,15,17-19,24,27,30,33,36,39,42-67H2,1-5H3/p+1/b10-8-,16-14-,22-20-,23-21-,26-25-,29-28-,32-31-,35-34-,38-37-,41-40-. The summed E-state index contributed by atoms with van der Waals surface area (Å²) in [5.74, 6) is -0.807. The molecule has 0 amide bonds. The minimum absolute atomic E-state index is 0.0260. The van der Waals surface area contributed by atoms with Crippen LogP contribution in [0.15, 0.2) is 122 Å². The molecule has 0 aliphatic heterocycles. The van der Waals surface area contributed by atoms with Gasteiger partial charge in [-0.2, -0.15) is 0 Å². The summed E-state index contributed by atoms with van der Waals surface area (Å²) in [6.07, 6.45) is 85.7. The van der Waals surface area contributed by atoms with Gasteiger partial charge in [0.1, 0.15) is 19.8 Å². The lowest BCUT2D eigenvalue weighted by Crippen LogP contribution is -2.37. The summed E-state index contributed by atoms with van der Waals surface area (Å²) in [5.41, 5.74) is 0. The molecular formula is C70H121NO8P+. The molecule has 458 valence electrons. The van der Waals surface area contributed by atoms with E-state index in [2.05, 4.69) is 135 Å². The van der Waals surface area contributed by atoms with Gasteiger partial charge in [0.15, 0.2) is 6.10 Å². The van der Waals surface area contributed by atoms with Crippen LogP contribution in [0.2, 0.25) is 0 Å². The fourth-order valence-electron chi connectivity index (χ4n) is 8.53. The molecule has 0 spiro atoms. The highest BCUT2D eigenvalue weighted by Gasteiger charge is 2.27. The van der Waals surface area contributed by atoms with Gasteiger partial charge < -0.3 is 18.9 Å². The van der Waals surface area contributed by atoms with Crippen molar-refractivity contribution in [1.82, 2.24) is 0 Å². The molecule has 0 rings (SSSR count). The number of allylic oxidation sites excluding steroid dienone is 20. The Hall–Kier alpha value is -3.59. The van der Waals surface area contributed by atoms with Crippen LogP contribution >= 0.6 is 7.82 Å². The van der Waals surface area contributed by atoms with Gasteiger partial charge in [-0.1, -0.05) is 257 Å². The molecule has 0 aliphatic rings. The fraction of sp³-hybridized carbons (Fsp3) is 0.686. The van der Waals surface area contributed by atoms with Gasteiger partial charge in [0.25, 0.3) is 0 Å². The van der Waals surface area contributed by atoms with Gasteiger partial charge in [-0.05, 0) is 109 Å². The molecule has 0 bridgehead atoms. The van der Waals surface area contributed by atoms with E-state index in [1.807, 2.05) is 21.1 Å². The van der Waals surface area contributed by atoms with E-state index >= 15 is 0 Å². The topological polar surface area (TPSA) is 108 Å². The number of quaternary nitrogens is 1. The van der Waals surface area contributed by atoms with Crippen molar-refractivity contribution in [3.8, 4) is 0 Å². The first-order valence-corrected chi connectivity index (χ1v) is 33.8. The fourth-order valence-corrected chi connectivity index (χ4v) is 9.27. The van der Waals surface area contributed by atoms with Crippen LogP contribution in [0.25, 0.3) is 0 Å². The molecule has 9 nitrogen and oxygen atoms in total. The van der Waals surface area contributed by atoms with Crippen LogP contribution in [0.5, 0.6) is 0 Å². The van der Waals surface area contributed by atoms with E-state index < -0.39 is 26.5 Å². The summed E-state index contributed by atoms with van der Waals surface area (Å²) in [7, 11) is 1.46. The normalized spacial score (nSPS) is 14.0. The Morgan fingerprint density at radius 2 is 0.713 bits per heavy atom. The van der Waals surface area contributed by atoms with Gasteiger partial charge in [-0.3, -0.25) is 18.6 Å². The van der Waals surface area contributed by atoms with Gasteiger partial charge in [0.2, 0.25) is 0 Å². The zero-order valence-electron chi connectivity index (χ0n) is 52.0. The minimum Gasteiger partial charge on any atom is -0.462 e. The Balaban J connectivity index is 4.09. The molecule has 2 atom stereocenters. The molecule has 2 unspecified atom stereocenters. The van der Waals surface area contributed by atoms with Crippen molar-refractivity contribution in [2.45, 2.75) is 264 Å². The predicted molar refractivity (Wildman–Crippen MR) is 344 cm³/mol. The summed E-state index contributed by atoms with van der Waals surface area (Å²) in [6, 6.07) is 0. The number of esters is 2. The number of unbranched alkanes of at least 4 members (excludes halogenated alkanes) is 24. The van der Waals surface area contributed by atoms with Crippen molar-refractivity contribution in [3.63, 3.8) is 0 Å². The molecule has 1 N–H and O–H groups in total. The van der Waals surface area contributed by atoms with Gasteiger partial charge in [-0.15, -0.1) is 0 Å². The third kappa shape index (κ3) is 63.6. The zero-order chi connectivity index (χ0) is 58.4. The molecule has 0 heterocycles. The highest BCUT2D eigenvalue weighted by molar-refractivity contribution is 7.47. The maximum absolute atomic E-state index is 12.8. The first-order valence-electron chi connectivity index (χ1n) is 32.3. The number of likely N-dealkylation sites (N-methyl/N-ethyl adjacent to an activating group) is 1. The summed E-state index contributed by atoms with van der Waals surface area (Å²) in [4.78, 5) is 35.7. The second-order valence-corrected chi connectivity index (χ2v) is 23.9. The minimum atomic E-state index is -4.39. The highest BCUT2D eigenvalue weighted by Crippen LogP contribution is 2.43. The molecule has 0 saturated carbocycles. The smallest absolute Gasteiger partial charge is 0.462 e. The van der Waals surface area contributed by atoms with E-state index in [1.54, 1.807) is 0 Å². The molecule has 0 aliphatic carbocycles. The third-order valence-electron chi connectivity index (χ3n) is 13.5. The number of hydrogen-bond acceptors (Lipinski definition) is 7. The summed E-state index contributed by atoms with van der Waals surface area (Å²) >= 11 is 0. The SMILES string of the molecule is CC/C=C\C/C=C\C/C=C\C/C=C\C/C=C\C/C=C\C/C=C\C/C=C\C/C=C\CCCCCCCCCCCCCC(=O)OC(COC(=O)CCCCCCCCC/C=C\CCCCCCCC)COP(=O)(O)OCC[N+](C)(C)C. The molecule has 0 fully saturated rings. The van der Waals surface area contributed by atoms with Crippen molar-refractivity contribution in [2.75, 3.05) is 47.5 Å². The Morgan fingerprint density at radius 3 is 1.07 bits per heavy atom. The molecule has 0 aromatic rings. The third-order valence-corrected chi connectivity index (χ3v) is 14.5. The van der Waals surface area contributed by atoms with Crippen molar-refractivity contribution >= 4 is 19.8 Å². The molecule has 0 radical (unpaired) electrons. The molecule has 0 aromatic heterocycles. The highest BCUT2D eigenvalue weighted by atomic mass is 31.2. The van der Waals surface area contributed by atoms with Crippen LogP contribution in [0.3, 0.4) is 0 Å². The summed E-state index contributed by atoms with van der Waals surface area (Å²) in [5, 5.41) is 0. The van der Waals surface area contributed by atoms with Gasteiger partial charge in [-0.25, -0.2) is 4.57 Å². The zero-order valence-corrected chi connectivity index (χ0v) is 52.9. The van der Waals surface area contributed by atoms with Gasteiger partial charge >= 0.3 is 19.8 Å². The quantitative estimate of drug-likeness (QED) is 0.0211. The number of carbonyl (C=O) groups is 2. The van der Waals surface area contributed by atoms with E-state index in [9.17, 15) is 19.0 Å². The summed E-state index contributed by atoms with van der Waals surface area (Å²) < 4.78 is 34.6. The Bertz CT molecular complexity index is 1760. The molecule has 0 saturated heterocycles. The van der Waals surface area contributed by atoms with E-state index in [0.29, 0.717) is 17.4 Å². The van der Waals surface area contributed by atoms with Crippen molar-refractivity contribution in [1.29, 1.82) is 0 Å². The second-order valence-electron chi connectivity index (χ2n) is 22.4. The van der Waals surface area contributed by atoms with Crippen LogP contribution in [0.4, 0.5) is 0 Å². The number of carbonyl (C=O) groups excluding carboxylic acids is 2. The van der Waals surface area contributed by atoms with Crippen molar-refractivity contribution < 1.29 is 42.1 Å². The van der Waals surface area contributed by atoms with Crippen LogP contribution in [-0.2, 0) is 32.7 Å². The number of hydrogen-bond donors (Lipinski definition) is 1. The van der Waals surface area contributed by atoms with Gasteiger partial charge in [0, 0.05) is 12.8 Å². The summed E-state index contributed by atoms with van der Waals surface area (Å²) in [6.45, 7) is 4.31. The van der Waals surface area contributed by atoms with Crippen LogP contribution in [-0.4, -0.2) is 74.9 Å². The molecule has 0 aromatic carbocycles. The Morgan fingerprint density at radius 1 is 0.400 bits per heavy atom. The number of ether oxygens (including phenoxy) is 2.